The lowest BCUT2D eigenvalue weighted by atomic mass is 10.2. The van der Waals surface area contributed by atoms with Gasteiger partial charge in [-0.05, 0) is 58.0 Å². The monoisotopic (exact) mass is 481 g/mol. The van der Waals surface area contributed by atoms with E-state index < -0.39 is 29.6 Å². The smallest absolute Gasteiger partial charge is 0.412 e. The van der Waals surface area contributed by atoms with E-state index in [1.165, 1.54) is 26.2 Å². The minimum absolute atomic E-state index is 0.104. The van der Waals surface area contributed by atoms with Gasteiger partial charge in [-0.3, -0.25) is 14.9 Å². The Balaban J connectivity index is 2.09. The molecular formula is C22H25Cl2N3O5. The summed E-state index contributed by atoms with van der Waals surface area (Å²) in [6.07, 6.45) is -0.668. The number of nitrogens with one attached hydrogen (secondary N) is 3. The molecule has 1 unspecified atom stereocenters. The number of anilines is 2. The summed E-state index contributed by atoms with van der Waals surface area (Å²) < 4.78 is 10.5. The largest absolute Gasteiger partial charge is 0.495 e. The predicted octanol–water partition coefficient (Wildman–Crippen LogP) is 5.11. The van der Waals surface area contributed by atoms with E-state index in [2.05, 4.69) is 16.0 Å². The first-order chi connectivity index (χ1) is 14.9. The van der Waals surface area contributed by atoms with E-state index in [1.54, 1.807) is 45.0 Å². The summed E-state index contributed by atoms with van der Waals surface area (Å²) in [6, 6.07) is 8.46. The molecule has 172 valence electrons. The van der Waals surface area contributed by atoms with Gasteiger partial charge in [-0.1, -0.05) is 29.3 Å². The zero-order chi connectivity index (χ0) is 24.1. The molecule has 0 aliphatic carbocycles. The molecule has 0 saturated carbocycles. The van der Waals surface area contributed by atoms with Gasteiger partial charge in [0.1, 0.15) is 17.4 Å². The quantitative estimate of drug-likeness (QED) is 0.531. The van der Waals surface area contributed by atoms with Gasteiger partial charge in [-0.25, -0.2) is 4.79 Å². The van der Waals surface area contributed by atoms with Crippen molar-refractivity contribution in [2.75, 3.05) is 17.7 Å². The van der Waals surface area contributed by atoms with E-state index in [1.807, 2.05) is 0 Å². The molecule has 2 rings (SSSR count). The van der Waals surface area contributed by atoms with Crippen molar-refractivity contribution >= 4 is 52.5 Å². The average Bonchev–Trinajstić information content (AvgIpc) is 2.68. The first kappa shape index (κ1) is 25.3. The number of ether oxygens (including phenoxy) is 2. The fraction of sp³-hybridized carbons (Fsp3) is 0.318. The van der Waals surface area contributed by atoms with Gasteiger partial charge >= 0.3 is 6.09 Å². The number of amides is 3. The van der Waals surface area contributed by atoms with Crippen molar-refractivity contribution in [3.63, 3.8) is 0 Å². The fourth-order valence-corrected chi connectivity index (χ4v) is 2.95. The van der Waals surface area contributed by atoms with E-state index in [4.69, 9.17) is 32.7 Å². The number of hydrogen-bond acceptors (Lipinski definition) is 5. The van der Waals surface area contributed by atoms with E-state index in [-0.39, 0.29) is 15.6 Å². The second kappa shape index (κ2) is 10.6. The lowest BCUT2D eigenvalue weighted by Gasteiger charge is -2.20. The van der Waals surface area contributed by atoms with E-state index in [0.717, 1.165) is 0 Å². The maximum atomic E-state index is 12.6. The van der Waals surface area contributed by atoms with Crippen molar-refractivity contribution in [3.8, 4) is 5.75 Å². The van der Waals surface area contributed by atoms with Crippen molar-refractivity contribution in [2.45, 2.75) is 39.3 Å². The molecule has 0 saturated heterocycles. The Morgan fingerprint density at radius 3 is 2.34 bits per heavy atom. The zero-order valence-corrected chi connectivity index (χ0v) is 19.9. The molecule has 1 atom stereocenters. The summed E-state index contributed by atoms with van der Waals surface area (Å²) in [5.41, 5.74) is 0.167. The molecule has 0 radical (unpaired) electrons. The molecule has 3 N–H and O–H groups in total. The van der Waals surface area contributed by atoms with Crippen molar-refractivity contribution < 1.29 is 23.9 Å². The SMILES string of the molecule is COc1ccc(NC(=O)C(C)NC(=O)c2cccc(Cl)c2Cl)cc1NC(=O)OC(C)(C)C. The first-order valence-electron chi connectivity index (χ1n) is 9.65. The number of carbonyl (C=O) groups is 3. The lowest BCUT2D eigenvalue weighted by molar-refractivity contribution is -0.117. The molecular weight excluding hydrogens is 457 g/mol. The van der Waals surface area contributed by atoms with Crippen molar-refractivity contribution in [2.24, 2.45) is 0 Å². The van der Waals surface area contributed by atoms with Crippen LogP contribution in [-0.2, 0) is 9.53 Å². The van der Waals surface area contributed by atoms with Gasteiger partial charge in [-0.2, -0.15) is 0 Å². The Bertz CT molecular complexity index is 1020. The minimum Gasteiger partial charge on any atom is -0.495 e. The summed E-state index contributed by atoms with van der Waals surface area (Å²) >= 11 is 12.0. The summed E-state index contributed by atoms with van der Waals surface area (Å²) in [7, 11) is 1.45. The van der Waals surface area contributed by atoms with Gasteiger partial charge in [0.25, 0.3) is 5.91 Å². The summed E-state index contributed by atoms with van der Waals surface area (Å²) in [4.78, 5) is 37.1. The third-order valence-corrected chi connectivity index (χ3v) is 4.86. The number of hydrogen-bond donors (Lipinski definition) is 3. The molecule has 3 amide bonds. The van der Waals surface area contributed by atoms with E-state index in [0.29, 0.717) is 17.1 Å². The van der Waals surface area contributed by atoms with E-state index in [9.17, 15) is 14.4 Å². The Hall–Kier alpha value is -2.97. The second-order valence-electron chi connectivity index (χ2n) is 7.83. The molecule has 0 heterocycles. The zero-order valence-electron chi connectivity index (χ0n) is 18.3. The second-order valence-corrected chi connectivity index (χ2v) is 8.61. The van der Waals surface area contributed by atoms with Crippen LogP contribution in [0.5, 0.6) is 5.75 Å². The first-order valence-corrected chi connectivity index (χ1v) is 10.4. The third kappa shape index (κ3) is 7.03. The molecule has 2 aromatic rings. The molecule has 0 aliphatic heterocycles. The molecule has 8 nitrogen and oxygen atoms in total. The summed E-state index contributed by atoms with van der Waals surface area (Å²) in [5, 5.41) is 8.18. The molecule has 0 bridgehead atoms. The van der Waals surface area contributed by atoms with Crippen molar-refractivity contribution in [1.29, 1.82) is 0 Å². The van der Waals surface area contributed by atoms with E-state index >= 15 is 0 Å². The van der Waals surface area contributed by atoms with Gasteiger partial charge in [0.2, 0.25) is 5.91 Å². The standard InChI is InChI=1S/C22H25Cl2N3O5/c1-12(25-20(29)14-7-6-8-15(23)18(14)24)19(28)26-13-9-10-17(31-5)16(11-13)27-21(30)32-22(2,3)4/h6-12H,1-5H3,(H,25,29)(H,26,28)(H,27,30). The highest BCUT2D eigenvalue weighted by Gasteiger charge is 2.21. The van der Waals surface area contributed by atoms with Gasteiger partial charge in [0.15, 0.2) is 0 Å². The van der Waals surface area contributed by atoms with Crippen LogP contribution in [0.15, 0.2) is 36.4 Å². The number of carbonyl (C=O) groups excluding carboxylic acids is 3. The Morgan fingerprint density at radius 1 is 1.03 bits per heavy atom. The van der Waals surface area contributed by atoms with Crippen molar-refractivity contribution in [3.05, 3.63) is 52.0 Å². The average molecular weight is 482 g/mol. The molecule has 0 aliphatic rings. The predicted molar refractivity (Wildman–Crippen MR) is 125 cm³/mol. The topological polar surface area (TPSA) is 106 Å². The third-order valence-electron chi connectivity index (χ3n) is 4.04. The van der Waals surface area contributed by atoms with Gasteiger partial charge < -0.3 is 20.1 Å². The number of rotatable bonds is 6. The van der Waals surface area contributed by atoms with Crippen LogP contribution < -0.4 is 20.7 Å². The Morgan fingerprint density at radius 2 is 1.72 bits per heavy atom. The van der Waals surface area contributed by atoms with Crippen LogP contribution in [0.2, 0.25) is 10.0 Å². The maximum Gasteiger partial charge on any atom is 0.412 e. The number of methoxy groups -OCH3 is 1. The van der Waals surface area contributed by atoms with Crippen LogP contribution in [0, 0.1) is 0 Å². The minimum atomic E-state index is -0.887. The highest BCUT2D eigenvalue weighted by atomic mass is 35.5. The van der Waals surface area contributed by atoms with Gasteiger partial charge in [0, 0.05) is 5.69 Å². The molecule has 0 fully saturated rings. The molecule has 10 heteroatoms. The number of halogens is 2. The Labute approximate surface area is 196 Å². The highest BCUT2D eigenvalue weighted by molar-refractivity contribution is 6.43. The molecule has 32 heavy (non-hydrogen) atoms. The fourth-order valence-electron chi connectivity index (χ4n) is 2.57. The highest BCUT2D eigenvalue weighted by Crippen LogP contribution is 2.29. The van der Waals surface area contributed by atoms with Gasteiger partial charge in [0.05, 0.1) is 28.4 Å². The van der Waals surface area contributed by atoms with Gasteiger partial charge in [-0.15, -0.1) is 0 Å². The summed E-state index contributed by atoms with van der Waals surface area (Å²) in [5.74, 6) is -0.641. The normalized spacial score (nSPS) is 11.8. The maximum absolute atomic E-state index is 12.6. The van der Waals surface area contributed by atoms with Crippen LogP contribution in [0.1, 0.15) is 38.1 Å². The molecule has 2 aromatic carbocycles. The van der Waals surface area contributed by atoms with Crippen LogP contribution in [0.4, 0.5) is 16.2 Å². The number of benzene rings is 2. The lowest BCUT2D eigenvalue weighted by Crippen LogP contribution is -2.41. The van der Waals surface area contributed by atoms with Crippen LogP contribution >= 0.6 is 23.2 Å². The van der Waals surface area contributed by atoms with Crippen LogP contribution in [-0.4, -0.2) is 36.7 Å². The molecule has 0 spiro atoms. The van der Waals surface area contributed by atoms with Crippen molar-refractivity contribution in [1.82, 2.24) is 5.32 Å². The van der Waals surface area contributed by atoms with Crippen LogP contribution in [0.3, 0.4) is 0 Å². The molecule has 0 aromatic heterocycles. The summed E-state index contributed by atoms with van der Waals surface area (Å²) in [6.45, 7) is 6.75. The van der Waals surface area contributed by atoms with Crippen LogP contribution in [0.25, 0.3) is 0 Å². The Kier molecular flexibility index (Phi) is 8.35.